The Bertz CT molecular complexity index is 934. The molecule has 0 aromatic heterocycles. The number of benzene rings is 2. The van der Waals surface area contributed by atoms with Crippen molar-refractivity contribution in [2.45, 2.75) is 37.0 Å². The van der Waals surface area contributed by atoms with Crippen molar-refractivity contribution in [1.29, 1.82) is 0 Å². The summed E-state index contributed by atoms with van der Waals surface area (Å²) >= 11 is 0. The Morgan fingerprint density at radius 1 is 0.846 bits per heavy atom. The largest absolute Gasteiger partial charge is 0.240 e. The van der Waals surface area contributed by atoms with Crippen LogP contribution in [0.1, 0.15) is 36.5 Å². The number of nitrogens with one attached hydrogen (secondary N) is 2. The van der Waals surface area contributed by atoms with Gasteiger partial charge in [0.1, 0.15) is 0 Å². The van der Waals surface area contributed by atoms with Crippen LogP contribution in [0.2, 0.25) is 0 Å². The van der Waals surface area contributed by atoms with Crippen molar-refractivity contribution in [2.24, 2.45) is 0 Å². The van der Waals surface area contributed by atoms with Crippen molar-refractivity contribution in [3.05, 3.63) is 65.2 Å². The van der Waals surface area contributed by atoms with Gasteiger partial charge in [0.05, 0.1) is 10.6 Å². The molecular formula is C18H24N2O4S2. The second-order valence-corrected chi connectivity index (χ2v) is 10.0. The van der Waals surface area contributed by atoms with Crippen molar-refractivity contribution >= 4 is 20.0 Å². The molecule has 0 unspecified atom stereocenters. The molecule has 0 radical (unpaired) electrons. The van der Waals surface area contributed by atoms with Crippen LogP contribution in [0.3, 0.4) is 0 Å². The third kappa shape index (κ3) is 5.63. The molecule has 0 aliphatic rings. The quantitative estimate of drug-likeness (QED) is 0.716. The summed E-state index contributed by atoms with van der Waals surface area (Å²) in [7, 11) is -5.56. The average molecular weight is 397 g/mol. The van der Waals surface area contributed by atoms with E-state index in [1.807, 2.05) is 26.0 Å². The van der Waals surface area contributed by atoms with Crippen LogP contribution in [-0.4, -0.2) is 23.9 Å². The molecule has 0 bridgehead atoms. The molecule has 2 aromatic carbocycles. The normalized spacial score (nSPS) is 12.5. The van der Waals surface area contributed by atoms with E-state index in [0.29, 0.717) is 11.5 Å². The van der Waals surface area contributed by atoms with E-state index >= 15 is 0 Å². The fourth-order valence-electron chi connectivity index (χ4n) is 2.34. The van der Waals surface area contributed by atoms with Gasteiger partial charge in [0, 0.05) is 6.54 Å². The lowest BCUT2D eigenvalue weighted by Crippen LogP contribution is -2.23. The molecular weight excluding hydrogens is 372 g/mol. The summed E-state index contributed by atoms with van der Waals surface area (Å²) in [6, 6.07) is 13.6. The molecule has 2 rings (SSSR count). The highest BCUT2D eigenvalue weighted by Gasteiger charge is 2.14. The van der Waals surface area contributed by atoms with Crippen molar-refractivity contribution in [3.63, 3.8) is 0 Å². The fraction of sp³-hybridized carbons (Fsp3) is 0.333. The number of hydrogen-bond donors (Lipinski definition) is 2. The van der Waals surface area contributed by atoms with E-state index in [1.165, 1.54) is 7.05 Å². The van der Waals surface area contributed by atoms with E-state index in [1.54, 1.807) is 36.4 Å². The summed E-state index contributed by atoms with van der Waals surface area (Å²) in [5.74, 6) is 0.225. The van der Waals surface area contributed by atoms with Crippen molar-refractivity contribution in [2.75, 3.05) is 7.05 Å². The summed E-state index contributed by atoms with van der Waals surface area (Å²) < 4.78 is 52.6. The molecule has 0 aliphatic heterocycles. The van der Waals surface area contributed by atoms with Gasteiger partial charge >= 0.3 is 0 Å². The molecule has 0 atom stereocenters. The SMILES string of the molecule is CNS(=O)(=O)Cc1ccc(CNS(=O)(=O)c2ccc(C(C)C)cc2)cc1. The Labute approximate surface area is 155 Å². The van der Waals surface area contributed by atoms with E-state index in [-0.39, 0.29) is 17.2 Å². The van der Waals surface area contributed by atoms with E-state index in [4.69, 9.17) is 0 Å². The Morgan fingerprint density at radius 2 is 1.38 bits per heavy atom. The smallest absolute Gasteiger partial charge is 0.218 e. The van der Waals surface area contributed by atoms with Gasteiger partial charge in [-0.3, -0.25) is 0 Å². The molecule has 0 spiro atoms. The zero-order chi connectivity index (χ0) is 19.4. The fourth-order valence-corrected chi connectivity index (χ4v) is 4.13. The maximum atomic E-state index is 12.4. The number of rotatable bonds is 8. The van der Waals surface area contributed by atoms with Gasteiger partial charge in [0.2, 0.25) is 20.0 Å². The van der Waals surface area contributed by atoms with Crippen LogP contribution in [0, 0.1) is 0 Å². The predicted molar refractivity (Wildman–Crippen MR) is 103 cm³/mol. The van der Waals surface area contributed by atoms with Gasteiger partial charge in [-0.25, -0.2) is 26.3 Å². The Hall–Kier alpha value is -1.74. The van der Waals surface area contributed by atoms with Crippen molar-refractivity contribution < 1.29 is 16.8 Å². The zero-order valence-electron chi connectivity index (χ0n) is 15.1. The van der Waals surface area contributed by atoms with Crippen LogP contribution >= 0.6 is 0 Å². The van der Waals surface area contributed by atoms with Crippen LogP contribution in [0.4, 0.5) is 0 Å². The molecule has 142 valence electrons. The first-order chi connectivity index (χ1) is 12.1. The Morgan fingerprint density at radius 3 is 1.88 bits per heavy atom. The minimum absolute atomic E-state index is 0.113. The van der Waals surface area contributed by atoms with Gasteiger partial charge in [0.25, 0.3) is 0 Å². The van der Waals surface area contributed by atoms with E-state index in [9.17, 15) is 16.8 Å². The molecule has 0 saturated heterocycles. The van der Waals surface area contributed by atoms with E-state index in [2.05, 4.69) is 9.44 Å². The summed E-state index contributed by atoms with van der Waals surface area (Å²) in [5.41, 5.74) is 2.46. The zero-order valence-corrected chi connectivity index (χ0v) is 16.7. The first-order valence-electron chi connectivity index (χ1n) is 8.21. The molecule has 2 aromatic rings. The third-order valence-corrected chi connectivity index (χ3v) is 6.77. The van der Waals surface area contributed by atoms with Gasteiger partial charge in [0.15, 0.2) is 0 Å². The highest BCUT2D eigenvalue weighted by atomic mass is 32.2. The van der Waals surface area contributed by atoms with Crippen LogP contribution in [0.15, 0.2) is 53.4 Å². The van der Waals surface area contributed by atoms with Crippen LogP contribution in [0.5, 0.6) is 0 Å². The summed E-state index contributed by atoms with van der Waals surface area (Å²) in [6.45, 7) is 4.23. The maximum absolute atomic E-state index is 12.4. The van der Waals surface area contributed by atoms with Crippen LogP contribution in [0.25, 0.3) is 0 Å². The molecule has 0 heterocycles. The molecule has 0 fully saturated rings. The molecule has 0 amide bonds. The minimum Gasteiger partial charge on any atom is -0.218 e. The topological polar surface area (TPSA) is 92.3 Å². The van der Waals surface area contributed by atoms with E-state index < -0.39 is 20.0 Å². The second-order valence-electron chi connectivity index (χ2n) is 6.33. The van der Waals surface area contributed by atoms with Crippen molar-refractivity contribution in [3.8, 4) is 0 Å². The van der Waals surface area contributed by atoms with Crippen LogP contribution < -0.4 is 9.44 Å². The molecule has 26 heavy (non-hydrogen) atoms. The molecule has 0 aliphatic carbocycles. The maximum Gasteiger partial charge on any atom is 0.240 e. The third-order valence-electron chi connectivity index (χ3n) is 4.01. The lowest BCUT2D eigenvalue weighted by Gasteiger charge is -2.10. The molecule has 2 N–H and O–H groups in total. The standard InChI is InChI=1S/C18H24N2O4S2/c1-14(2)17-8-10-18(11-9-17)26(23,24)20-12-15-4-6-16(7-5-15)13-25(21,22)19-3/h4-11,14,19-20H,12-13H2,1-3H3. The molecule has 8 heteroatoms. The Kier molecular flexibility index (Phi) is 6.57. The monoisotopic (exact) mass is 396 g/mol. The summed E-state index contributed by atoms with van der Waals surface area (Å²) in [5, 5.41) is 0. The first kappa shape index (κ1) is 20.6. The average Bonchev–Trinajstić information content (AvgIpc) is 2.61. The van der Waals surface area contributed by atoms with Gasteiger partial charge in [-0.1, -0.05) is 50.2 Å². The predicted octanol–water partition coefficient (Wildman–Crippen LogP) is 2.34. The van der Waals surface area contributed by atoms with Gasteiger partial charge in [-0.05, 0) is 41.8 Å². The summed E-state index contributed by atoms with van der Waals surface area (Å²) in [6.07, 6.45) is 0. The molecule has 6 nitrogen and oxygen atoms in total. The van der Waals surface area contributed by atoms with Gasteiger partial charge in [-0.2, -0.15) is 0 Å². The molecule has 0 saturated carbocycles. The van der Waals surface area contributed by atoms with Crippen molar-refractivity contribution in [1.82, 2.24) is 9.44 Å². The number of sulfonamides is 2. The second kappa shape index (κ2) is 8.30. The van der Waals surface area contributed by atoms with Gasteiger partial charge in [-0.15, -0.1) is 0 Å². The Balaban J connectivity index is 2.03. The van der Waals surface area contributed by atoms with E-state index in [0.717, 1.165) is 11.1 Å². The minimum atomic E-state index is -3.60. The lowest BCUT2D eigenvalue weighted by molar-refractivity contribution is 0.581. The first-order valence-corrected chi connectivity index (χ1v) is 11.3. The number of hydrogen-bond acceptors (Lipinski definition) is 4. The van der Waals surface area contributed by atoms with Gasteiger partial charge < -0.3 is 0 Å². The summed E-state index contributed by atoms with van der Waals surface area (Å²) in [4.78, 5) is 0.221. The highest BCUT2D eigenvalue weighted by Crippen LogP contribution is 2.17. The van der Waals surface area contributed by atoms with Crippen LogP contribution in [-0.2, 0) is 32.3 Å². The lowest BCUT2D eigenvalue weighted by atomic mass is 10.0. The highest BCUT2D eigenvalue weighted by molar-refractivity contribution is 7.89.